The monoisotopic (exact) mass is 531 g/mol. The average molecular weight is 532 g/mol. The fraction of sp³-hybridized carbons (Fsp3) is 0.333. The quantitative estimate of drug-likeness (QED) is 0.258. The van der Waals surface area contributed by atoms with Crippen LogP contribution in [0.5, 0.6) is 5.88 Å². The van der Waals surface area contributed by atoms with Gasteiger partial charge in [-0.25, -0.2) is 14.8 Å². The Morgan fingerprint density at radius 3 is 2.76 bits per heavy atom. The van der Waals surface area contributed by atoms with Crippen LogP contribution in [0.25, 0.3) is 26.6 Å². The van der Waals surface area contributed by atoms with Gasteiger partial charge in [-0.05, 0) is 37.6 Å². The van der Waals surface area contributed by atoms with Gasteiger partial charge in [0.05, 0.1) is 11.2 Å². The average Bonchev–Trinajstić information content (AvgIpc) is 3.67. The summed E-state index contributed by atoms with van der Waals surface area (Å²) in [6, 6.07) is 13.2. The van der Waals surface area contributed by atoms with Gasteiger partial charge in [-0.3, -0.25) is 9.72 Å². The van der Waals surface area contributed by atoms with Gasteiger partial charge in [0.15, 0.2) is 10.8 Å². The van der Waals surface area contributed by atoms with Crippen molar-refractivity contribution in [3.05, 3.63) is 54.4 Å². The second kappa shape index (κ2) is 9.73. The van der Waals surface area contributed by atoms with Crippen molar-refractivity contribution in [2.24, 2.45) is 0 Å². The van der Waals surface area contributed by atoms with Crippen LogP contribution in [-0.4, -0.2) is 44.7 Å². The van der Waals surface area contributed by atoms with Crippen molar-refractivity contribution < 1.29 is 14.1 Å². The van der Waals surface area contributed by atoms with Crippen LogP contribution >= 0.6 is 11.3 Å². The summed E-state index contributed by atoms with van der Waals surface area (Å²) in [5.74, 6) is 1.71. The molecule has 0 saturated carbocycles. The zero-order valence-electron chi connectivity index (χ0n) is 21.4. The number of hydrogen-bond donors (Lipinski definition) is 3. The largest absolute Gasteiger partial charge is 0.476 e. The van der Waals surface area contributed by atoms with Gasteiger partial charge in [0.1, 0.15) is 17.2 Å². The number of urea groups is 1. The summed E-state index contributed by atoms with van der Waals surface area (Å²) in [5.41, 5.74) is 3.25. The number of thiazole rings is 1. The van der Waals surface area contributed by atoms with E-state index in [2.05, 4.69) is 26.1 Å². The summed E-state index contributed by atoms with van der Waals surface area (Å²) in [7, 11) is 0. The van der Waals surface area contributed by atoms with Crippen molar-refractivity contribution >= 4 is 44.2 Å². The minimum atomic E-state index is -0.393. The van der Waals surface area contributed by atoms with Crippen LogP contribution in [0.2, 0.25) is 0 Å². The molecule has 1 unspecified atom stereocenters. The molecule has 5 aromatic rings. The summed E-state index contributed by atoms with van der Waals surface area (Å²) in [4.78, 5) is 23.6. The maximum Gasteiger partial charge on any atom is 0.324 e. The Labute approximate surface area is 223 Å². The molecular formula is C27H29N7O3S. The number of carbonyl (C=O) groups excluding carboxylic acids is 1. The number of rotatable bonds is 6. The number of nitrogens with one attached hydrogen (secondary N) is 3. The molecule has 1 aliphatic rings. The van der Waals surface area contributed by atoms with Crippen molar-refractivity contribution in [1.82, 2.24) is 24.8 Å². The third kappa shape index (κ3) is 5.07. The summed E-state index contributed by atoms with van der Waals surface area (Å²) >= 11 is 1.53. The number of benzene rings is 1. The number of ether oxygens (including phenoxy) is 1. The molecule has 6 rings (SSSR count). The van der Waals surface area contributed by atoms with Gasteiger partial charge in [-0.2, -0.15) is 0 Å². The Kier molecular flexibility index (Phi) is 6.24. The van der Waals surface area contributed by atoms with E-state index in [0.29, 0.717) is 35.8 Å². The fourth-order valence-corrected chi connectivity index (χ4v) is 5.34. The minimum absolute atomic E-state index is 0.187. The summed E-state index contributed by atoms with van der Waals surface area (Å²) in [6.07, 6.45) is 4.34. The maximum absolute atomic E-state index is 12.4. The van der Waals surface area contributed by atoms with Crippen LogP contribution in [0.15, 0.2) is 53.2 Å². The number of hydrogen-bond acceptors (Lipinski definition) is 8. The zero-order chi connectivity index (χ0) is 26.3. The second-order valence-corrected chi connectivity index (χ2v) is 11.4. The molecule has 38 heavy (non-hydrogen) atoms. The molecule has 11 heteroatoms. The van der Waals surface area contributed by atoms with Crippen LogP contribution < -0.4 is 20.7 Å². The first-order chi connectivity index (χ1) is 18.3. The lowest BCUT2D eigenvalue weighted by Gasteiger charge is -2.12. The predicted octanol–water partition coefficient (Wildman–Crippen LogP) is 5.67. The fourth-order valence-electron chi connectivity index (χ4n) is 4.36. The maximum atomic E-state index is 12.4. The van der Waals surface area contributed by atoms with Crippen molar-refractivity contribution in [2.75, 3.05) is 23.8 Å². The third-order valence-corrected chi connectivity index (χ3v) is 7.42. The number of carbonyl (C=O) groups is 1. The van der Waals surface area contributed by atoms with Gasteiger partial charge in [0.2, 0.25) is 5.88 Å². The molecule has 4 aromatic heterocycles. The molecule has 1 fully saturated rings. The SMILES string of the molecule is CC(C)(C)c1cc(NC(=O)Nc2ccc(-c3cn4c(n3)sc3nc(OCC5CCCN5)ccc34)cc2)no1. The van der Waals surface area contributed by atoms with Crippen molar-refractivity contribution in [1.29, 1.82) is 0 Å². The molecule has 2 amide bonds. The number of fused-ring (bicyclic) bond motifs is 3. The number of pyridine rings is 1. The first-order valence-corrected chi connectivity index (χ1v) is 13.4. The smallest absolute Gasteiger partial charge is 0.324 e. The highest BCUT2D eigenvalue weighted by atomic mass is 32.1. The van der Waals surface area contributed by atoms with Crippen LogP contribution in [0, 0.1) is 0 Å². The highest BCUT2D eigenvalue weighted by molar-refractivity contribution is 7.23. The van der Waals surface area contributed by atoms with Gasteiger partial charge in [0, 0.05) is 41.0 Å². The Balaban J connectivity index is 1.11. The van der Waals surface area contributed by atoms with Gasteiger partial charge in [-0.15, -0.1) is 0 Å². The number of anilines is 2. The lowest BCUT2D eigenvalue weighted by Crippen LogP contribution is -2.28. The van der Waals surface area contributed by atoms with Crippen LogP contribution in [0.4, 0.5) is 16.3 Å². The van der Waals surface area contributed by atoms with Crippen LogP contribution in [0.1, 0.15) is 39.4 Å². The molecule has 0 bridgehead atoms. The van der Waals surface area contributed by atoms with E-state index < -0.39 is 6.03 Å². The van der Waals surface area contributed by atoms with Gasteiger partial charge in [0.25, 0.3) is 0 Å². The number of imidazole rings is 1. The normalized spacial score (nSPS) is 15.8. The molecule has 3 N–H and O–H groups in total. The van der Waals surface area contributed by atoms with E-state index in [-0.39, 0.29) is 5.41 Å². The Morgan fingerprint density at radius 2 is 2.03 bits per heavy atom. The molecule has 10 nitrogen and oxygen atoms in total. The van der Waals surface area contributed by atoms with E-state index in [9.17, 15) is 4.79 Å². The summed E-state index contributed by atoms with van der Waals surface area (Å²) < 4.78 is 13.3. The Morgan fingerprint density at radius 1 is 1.18 bits per heavy atom. The minimum Gasteiger partial charge on any atom is -0.476 e. The molecule has 0 spiro atoms. The Bertz CT molecular complexity index is 1590. The van der Waals surface area contributed by atoms with E-state index >= 15 is 0 Å². The van der Waals surface area contributed by atoms with E-state index in [4.69, 9.17) is 14.2 Å². The van der Waals surface area contributed by atoms with Crippen LogP contribution in [-0.2, 0) is 5.41 Å². The van der Waals surface area contributed by atoms with E-state index in [1.165, 1.54) is 17.8 Å². The van der Waals surface area contributed by atoms with Crippen LogP contribution in [0.3, 0.4) is 0 Å². The molecule has 1 saturated heterocycles. The van der Waals surface area contributed by atoms with Crippen molar-refractivity contribution in [2.45, 2.75) is 45.1 Å². The molecule has 5 heterocycles. The zero-order valence-corrected chi connectivity index (χ0v) is 22.3. The van der Waals surface area contributed by atoms with E-state index in [0.717, 1.165) is 39.5 Å². The van der Waals surface area contributed by atoms with Gasteiger partial charge < -0.3 is 19.9 Å². The highest BCUT2D eigenvalue weighted by Gasteiger charge is 2.20. The standard InChI is InChI=1S/C27H29N7O3S/c1-27(2,3)21-13-22(33-37-21)31-25(35)29-17-8-6-16(7-9-17)19-14-34-20-10-11-23(32-24(20)38-26(34)30-19)36-15-18-5-4-12-28-18/h6-11,13-14,18,28H,4-5,12,15H2,1-3H3,(H2,29,31,33,35). The molecule has 1 atom stereocenters. The molecule has 0 radical (unpaired) electrons. The number of amides is 2. The van der Waals surface area contributed by atoms with Gasteiger partial charge >= 0.3 is 6.03 Å². The predicted molar refractivity (Wildman–Crippen MR) is 148 cm³/mol. The number of nitrogens with zero attached hydrogens (tertiary/aromatic N) is 4. The lowest BCUT2D eigenvalue weighted by molar-refractivity contribution is 0.262. The second-order valence-electron chi connectivity index (χ2n) is 10.4. The van der Waals surface area contributed by atoms with Crippen molar-refractivity contribution in [3.63, 3.8) is 0 Å². The molecule has 0 aliphatic carbocycles. The third-order valence-electron chi connectivity index (χ3n) is 6.46. The van der Waals surface area contributed by atoms with Crippen molar-refractivity contribution in [3.8, 4) is 17.1 Å². The van der Waals surface area contributed by atoms with E-state index in [1.807, 2.05) is 67.8 Å². The summed E-state index contributed by atoms with van der Waals surface area (Å²) in [5, 5.41) is 12.9. The van der Waals surface area contributed by atoms with Gasteiger partial charge in [-0.1, -0.05) is 49.4 Å². The molecule has 196 valence electrons. The molecule has 1 aromatic carbocycles. The lowest BCUT2D eigenvalue weighted by atomic mass is 9.93. The van der Waals surface area contributed by atoms with E-state index in [1.54, 1.807) is 6.07 Å². The molecular weight excluding hydrogens is 502 g/mol. The first-order valence-electron chi connectivity index (χ1n) is 12.6. The first kappa shape index (κ1) is 24.4. The number of aromatic nitrogens is 4. The summed E-state index contributed by atoms with van der Waals surface area (Å²) in [6.45, 7) is 7.74. The molecule has 1 aliphatic heterocycles. The highest BCUT2D eigenvalue weighted by Crippen LogP contribution is 2.30. The Hall–Kier alpha value is -3.96. The topological polar surface area (TPSA) is 119 Å².